The van der Waals surface area contributed by atoms with E-state index < -0.39 is 23.4 Å². The average Bonchev–Trinajstić information content (AvgIpc) is 3.28. The van der Waals surface area contributed by atoms with E-state index in [1.165, 1.54) is 28.6 Å². The zero-order valence-corrected chi connectivity index (χ0v) is 19.5. The minimum atomic E-state index is -1.09. The second-order valence-electron chi connectivity index (χ2n) is 12.3. The smallest absolute Gasteiger partial charge is 0.127 e. The highest BCUT2D eigenvalue weighted by molar-refractivity contribution is 5.86. The first-order valence-corrected chi connectivity index (χ1v) is 12.5. The third-order valence-electron chi connectivity index (χ3n) is 10.7. The van der Waals surface area contributed by atoms with E-state index in [2.05, 4.69) is 43.1 Å². The number of para-hydroxylation sites is 1. The van der Waals surface area contributed by atoms with E-state index >= 15 is 0 Å². The van der Waals surface area contributed by atoms with Crippen molar-refractivity contribution >= 4 is 10.9 Å². The van der Waals surface area contributed by atoms with Crippen LogP contribution in [-0.4, -0.2) is 50.8 Å². The Morgan fingerprint density at radius 3 is 2.69 bits per heavy atom. The highest BCUT2D eigenvalue weighted by Crippen LogP contribution is 2.73. The lowest BCUT2D eigenvalue weighted by Crippen LogP contribution is -2.67. The number of H-pyrrole nitrogens is 1. The molecule has 3 aliphatic carbocycles. The maximum absolute atomic E-state index is 11.1. The number of aromatic amines is 1. The van der Waals surface area contributed by atoms with Gasteiger partial charge in [-0.05, 0) is 74.8 Å². The van der Waals surface area contributed by atoms with Gasteiger partial charge in [-0.2, -0.15) is 0 Å². The molecule has 5 nitrogen and oxygen atoms in total. The first-order valence-electron chi connectivity index (χ1n) is 12.5. The van der Waals surface area contributed by atoms with Crippen molar-refractivity contribution in [2.24, 2.45) is 17.3 Å². The lowest BCUT2D eigenvalue weighted by atomic mass is 9.43. The Morgan fingerprint density at radius 2 is 1.91 bits per heavy atom. The Morgan fingerprint density at radius 1 is 1.12 bits per heavy atom. The molecule has 9 atom stereocenters. The lowest BCUT2D eigenvalue weighted by molar-refractivity contribution is -0.224. The summed E-state index contributed by atoms with van der Waals surface area (Å²) in [6, 6.07) is 8.74. The summed E-state index contributed by atoms with van der Waals surface area (Å²) in [4.78, 5) is 3.85. The molecule has 1 aromatic carbocycles. The third kappa shape index (κ3) is 2.07. The van der Waals surface area contributed by atoms with Gasteiger partial charge in [-0.1, -0.05) is 32.0 Å². The topological polar surface area (TPSA) is 78.0 Å². The number of aliphatic hydroxyl groups is 2. The van der Waals surface area contributed by atoms with Crippen molar-refractivity contribution in [3.8, 4) is 0 Å². The largest absolute Gasteiger partial charge is 0.388 e. The number of hydrogen-bond donors (Lipinski definition) is 3. The van der Waals surface area contributed by atoms with E-state index in [-0.39, 0.29) is 23.0 Å². The molecule has 4 fully saturated rings. The number of fused-ring (bicyclic) bond motifs is 7. The van der Waals surface area contributed by atoms with Gasteiger partial charge in [0, 0.05) is 22.0 Å². The van der Waals surface area contributed by atoms with Crippen LogP contribution < -0.4 is 0 Å². The summed E-state index contributed by atoms with van der Waals surface area (Å²) in [5, 5.41) is 23.1. The van der Waals surface area contributed by atoms with Gasteiger partial charge < -0.3 is 24.7 Å². The molecular weight excluding hydrogens is 402 g/mol. The Balaban J connectivity index is 1.33. The van der Waals surface area contributed by atoms with E-state index in [4.69, 9.17) is 9.47 Å². The van der Waals surface area contributed by atoms with Crippen LogP contribution in [0.4, 0.5) is 0 Å². The molecule has 5 heteroatoms. The van der Waals surface area contributed by atoms with Crippen molar-refractivity contribution in [1.29, 1.82) is 0 Å². The van der Waals surface area contributed by atoms with Crippen molar-refractivity contribution in [2.45, 2.75) is 101 Å². The minimum absolute atomic E-state index is 0.0471. The van der Waals surface area contributed by atoms with Crippen molar-refractivity contribution in [2.75, 3.05) is 0 Å². The predicted molar refractivity (Wildman–Crippen MR) is 121 cm³/mol. The number of benzene rings is 1. The predicted octanol–water partition coefficient (Wildman–Crippen LogP) is 3.84. The van der Waals surface area contributed by atoms with E-state index in [0.29, 0.717) is 11.8 Å². The van der Waals surface area contributed by atoms with Crippen molar-refractivity contribution < 1.29 is 19.7 Å². The summed E-state index contributed by atoms with van der Waals surface area (Å²) in [5.41, 5.74) is 2.83. The zero-order chi connectivity index (χ0) is 22.3. The summed E-state index contributed by atoms with van der Waals surface area (Å²) in [6.07, 6.45) is 3.79. The van der Waals surface area contributed by atoms with Crippen LogP contribution >= 0.6 is 0 Å². The molecule has 2 saturated heterocycles. The van der Waals surface area contributed by atoms with Crippen LogP contribution in [0.25, 0.3) is 10.9 Å². The second kappa shape index (κ2) is 5.80. The van der Waals surface area contributed by atoms with Crippen LogP contribution in [0.1, 0.15) is 64.6 Å². The highest BCUT2D eigenvalue weighted by atomic mass is 16.7. The molecule has 172 valence electrons. The Labute approximate surface area is 189 Å². The molecule has 1 aromatic heterocycles. The third-order valence-corrected chi connectivity index (χ3v) is 10.7. The van der Waals surface area contributed by atoms with Crippen LogP contribution in [0.3, 0.4) is 0 Å². The Hall–Kier alpha value is -1.40. The van der Waals surface area contributed by atoms with Crippen LogP contribution in [0.2, 0.25) is 0 Å². The number of ether oxygens (including phenoxy) is 2. The fraction of sp³-hybridized carbons (Fsp3) is 0.704. The van der Waals surface area contributed by atoms with Gasteiger partial charge in [0.05, 0.1) is 11.7 Å². The van der Waals surface area contributed by atoms with Crippen molar-refractivity contribution in [1.82, 2.24) is 4.98 Å². The number of epoxide rings is 1. The molecular formula is C27H35NO4. The first-order chi connectivity index (χ1) is 15.1. The van der Waals surface area contributed by atoms with Crippen LogP contribution in [0.5, 0.6) is 0 Å². The molecule has 3 heterocycles. The summed E-state index contributed by atoms with van der Waals surface area (Å²) in [7, 11) is 0. The van der Waals surface area contributed by atoms with E-state index in [9.17, 15) is 10.2 Å². The average molecular weight is 438 g/mol. The van der Waals surface area contributed by atoms with Gasteiger partial charge in [-0.15, -0.1) is 0 Å². The van der Waals surface area contributed by atoms with Crippen molar-refractivity contribution in [3.63, 3.8) is 0 Å². The molecule has 0 radical (unpaired) electrons. The summed E-state index contributed by atoms with van der Waals surface area (Å²) >= 11 is 0. The quantitative estimate of drug-likeness (QED) is 0.593. The number of aliphatic hydroxyl groups excluding tert-OH is 1. The number of nitrogens with one attached hydrogen (secondary N) is 1. The van der Waals surface area contributed by atoms with Gasteiger partial charge in [0.25, 0.3) is 0 Å². The molecule has 2 aliphatic heterocycles. The Kier molecular flexibility index (Phi) is 3.63. The van der Waals surface area contributed by atoms with E-state index in [1.807, 2.05) is 0 Å². The molecule has 7 rings (SSSR count). The van der Waals surface area contributed by atoms with E-state index in [0.717, 1.165) is 25.7 Å². The fourth-order valence-corrected chi connectivity index (χ4v) is 8.98. The molecule has 2 aromatic rings. The van der Waals surface area contributed by atoms with Crippen LogP contribution in [-0.2, 0) is 21.3 Å². The van der Waals surface area contributed by atoms with E-state index in [1.54, 1.807) is 13.8 Å². The molecule has 32 heavy (non-hydrogen) atoms. The number of hydrogen-bond acceptors (Lipinski definition) is 4. The molecule has 5 aliphatic rings. The molecule has 0 bridgehead atoms. The molecule has 3 N–H and O–H groups in total. The standard InChI is InChI=1S/C27H35NO4/c1-24(2,30)22-20(29)23-27(32-23)18-10-9-14-13-16-15-7-5-6-8-17(15)28-21(16)26(14,4)25(18,3)12-11-19(27)31-22/h5-8,14,18-20,22-23,28-30H,9-13H2,1-4H3/t14?,18-,19?,20-,22+,23+,25+,26-,27+/m1/s1. The maximum atomic E-state index is 11.1. The number of aromatic nitrogens is 1. The van der Waals surface area contributed by atoms with Gasteiger partial charge in [0.2, 0.25) is 0 Å². The summed E-state index contributed by atoms with van der Waals surface area (Å²) < 4.78 is 12.9. The lowest BCUT2D eigenvalue weighted by Gasteiger charge is -2.62. The van der Waals surface area contributed by atoms with Gasteiger partial charge >= 0.3 is 0 Å². The SMILES string of the molecule is CC(C)(O)[C@H]1OC2CC[C@@]3(C)[C@@H](CCC4Cc5c([nH]c6ccccc56)[C@@]43C)[C@]23O[C@H]3[C@@H]1O. The molecule has 2 saturated carbocycles. The van der Waals surface area contributed by atoms with Gasteiger partial charge in [-0.25, -0.2) is 0 Å². The Bertz CT molecular complexity index is 1120. The fourth-order valence-electron chi connectivity index (χ4n) is 8.98. The second-order valence-corrected chi connectivity index (χ2v) is 12.3. The molecule has 2 unspecified atom stereocenters. The number of rotatable bonds is 1. The molecule has 1 spiro atoms. The van der Waals surface area contributed by atoms with Gasteiger partial charge in [-0.3, -0.25) is 0 Å². The maximum Gasteiger partial charge on any atom is 0.127 e. The van der Waals surface area contributed by atoms with Crippen molar-refractivity contribution in [3.05, 3.63) is 35.5 Å². The monoisotopic (exact) mass is 437 g/mol. The zero-order valence-electron chi connectivity index (χ0n) is 19.5. The summed E-state index contributed by atoms with van der Waals surface area (Å²) in [5.74, 6) is 0.980. The van der Waals surface area contributed by atoms with Crippen LogP contribution in [0.15, 0.2) is 24.3 Å². The first kappa shape index (κ1) is 20.0. The van der Waals surface area contributed by atoms with Crippen LogP contribution in [0, 0.1) is 17.3 Å². The van der Waals surface area contributed by atoms with Gasteiger partial charge in [0.15, 0.2) is 0 Å². The van der Waals surface area contributed by atoms with Gasteiger partial charge in [0.1, 0.15) is 23.9 Å². The summed E-state index contributed by atoms with van der Waals surface area (Å²) in [6.45, 7) is 8.44. The highest BCUT2D eigenvalue weighted by Gasteiger charge is 2.80. The normalized spacial score (nSPS) is 49.1. The minimum Gasteiger partial charge on any atom is -0.388 e. The molecule has 0 amide bonds.